The molecule has 4 rings (SSSR count). The van der Waals surface area contributed by atoms with Gasteiger partial charge in [0.15, 0.2) is 11.6 Å². The van der Waals surface area contributed by atoms with Gasteiger partial charge in [-0.25, -0.2) is 14.0 Å². The Labute approximate surface area is 245 Å². The molecule has 3 aromatic carbocycles. The molecule has 3 amide bonds. The van der Waals surface area contributed by atoms with Crippen LogP contribution in [0, 0.1) is 32.0 Å². The Kier molecular flexibility index (Phi) is 9.19. The number of amides is 3. The lowest BCUT2D eigenvalue weighted by atomic mass is 9.70. The Morgan fingerprint density at radius 3 is 2.12 bits per heavy atom. The highest BCUT2D eigenvalue weighted by Gasteiger charge is 2.41. The number of hydrogen-bond acceptors (Lipinski definition) is 4. The van der Waals surface area contributed by atoms with Gasteiger partial charge in [0, 0.05) is 5.69 Å². The molecule has 42 heavy (non-hydrogen) atoms. The molecule has 1 saturated carbocycles. The van der Waals surface area contributed by atoms with Crippen molar-refractivity contribution >= 4 is 29.3 Å². The van der Waals surface area contributed by atoms with Crippen molar-refractivity contribution in [3.63, 3.8) is 0 Å². The lowest BCUT2D eigenvalue weighted by Gasteiger charge is -2.38. The number of hydrogen-bond donors (Lipinski definition) is 4. The smallest absolute Gasteiger partial charge is 0.326 e. The number of aliphatic carboxylic acids is 1. The van der Waals surface area contributed by atoms with E-state index in [0.717, 1.165) is 36.0 Å². The van der Waals surface area contributed by atoms with Crippen LogP contribution in [0.5, 0.6) is 5.75 Å². The highest BCUT2D eigenvalue weighted by Crippen LogP contribution is 2.39. The summed E-state index contributed by atoms with van der Waals surface area (Å²) < 4.78 is 19.5. The molecular formula is C33H38FN3O5. The van der Waals surface area contributed by atoms with Crippen LogP contribution in [0.25, 0.3) is 11.1 Å². The summed E-state index contributed by atoms with van der Waals surface area (Å²) >= 11 is 0. The minimum Gasteiger partial charge on any atom is -0.494 e. The number of rotatable bonds is 8. The summed E-state index contributed by atoms with van der Waals surface area (Å²) in [5.74, 6) is -2.19. The van der Waals surface area contributed by atoms with Crippen molar-refractivity contribution in [2.75, 3.05) is 17.7 Å². The largest absolute Gasteiger partial charge is 0.494 e. The van der Waals surface area contributed by atoms with Gasteiger partial charge < -0.3 is 25.8 Å². The molecule has 0 spiro atoms. The summed E-state index contributed by atoms with van der Waals surface area (Å²) in [4.78, 5) is 39.2. The third-order valence-corrected chi connectivity index (χ3v) is 8.13. The maximum atomic E-state index is 14.5. The van der Waals surface area contributed by atoms with Crippen LogP contribution in [-0.2, 0) is 4.79 Å². The molecule has 1 aliphatic carbocycles. The normalized spacial score (nSPS) is 14.9. The van der Waals surface area contributed by atoms with Gasteiger partial charge >= 0.3 is 12.0 Å². The van der Waals surface area contributed by atoms with Crippen molar-refractivity contribution in [1.29, 1.82) is 0 Å². The van der Waals surface area contributed by atoms with Gasteiger partial charge in [0.1, 0.15) is 6.04 Å². The number of carboxylic acid groups (broad SMARTS) is 1. The van der Waals surface area contributed by atoms with E-state index in [2.05, 4.69) is 16.0 Å². The van der Waals surface area contributed by atoms with Crippen LogP contribution in [0.3, 0.4) is 0 Å². The molecule has 0 saturated heterocycles. The van der Waals surface area contributed by atoms with Crippen molar-refractivity contribution in [1.82, 2.24) is 5.32 Å². The highest BCUT2D eigenvalue weighted by molar-refractivity contribution is 6.08. The number of methoxy groups -OCH3 is 1. The van der Waals surface area contributed by atoms with Crippen LogP contribution in [0.15, 0.2) is 48.5 Å². The molecule has 0 radical (unpaired) electrons. The zero-order chi connectivity index (χ0) is 30.6. The third-order valence-electron chi connectivity index (χ3n) is 8.13. The number of urea groups is 1. The van der Waals surface area contributed by atoms with E-state index in [1.807, 2.05) is 39.8 Å². The lowest BCUT2D eigenvalue weighted by molar-refractivity contribution is -0.143. The number of benzene rings is 3. The van der Waals surface area contributed by atoms with Crippen molar-refractivity contribution in [3.8, 4) is 16.9 Å². The number of carbonyl (C=O) groups is 3. The van der Waals surface area contributed by atoms with Crippen molar-refractivity contribution < 1.29 is 28.6 Å². The topological polar surface area (TPSA) is 117 Å². The van der Waals surface area contributed by atoms with Gasteiger partial charge in [-0.1, -0.05) is 56.0 Å². The number of ether oxygens (including phenoxy) is 1. The SMILES string of the molecule is COc1ccc(-c2ccc(C(=O)N[C@H](C(=O)O)C3(C)CCCCC3)c(NC(=O)Nc3c(C)cc(C)cc3C)c2)cc1F. The number of anilines is 2. The van der Waals surface area contributed by atoms with Gasteiger partial charge in [0.05, 0.1) is 18.4 Å². The maximum absolute atomic E-state index is 14.5. The van der Waals surface area contributed by atoms with Gasteiger partial charge in [0.25, 0.3) is 5.91 Å². The van der Waals surface area contributed by atoms with Gasteiger partial charge in [-0.3, -0.25) is 4.79 Å². The van der Waals surface area contributed by atoms with E-state index in [-0.39, 0.29) is 17.0 Å². The summed E-state index contributed by atoms with van der Waals surface area (Å²) in [5.41, 5.74) is 4.17. The second-order valence-electron chi connectivity index (χ2n) is 11.4. The Hall–Kier alpha value is -4.40. The summed E-state index contributed by atoms with van der Waals surface area (Å²) in [7, 11) is 1.38. The molecule has 0 bridgehead atoms. The second-order valence-corrected chi connectivity index (χ2v) is 11.4. The number of aryl methyl sites for hydroxylation is 3. The first kappa shape index (κ1) is 30.6. The third kappa shape index (κ3) is 6.73. The van der Waals surface area contributed by atoms with Crippen molar-refractivity contribution in [2.24, 2.45) is 5.41 Å². The molecule has 1 fully saturated rings. The standard InChI is InChI=1S/C33H38FN3O5/c1-19-15-20(2)28(21(3)16-19)36-32(41)35-26-18-23(22-10-12-27(42-5)25(34)17-22)9-11-24(26)30(38)37-29(31(39)40)33(4)13-7-6-8-14-33/h9-12,15-18,29H,6-8,13-14H2,1-5H3,(H,37,38)(H,39,40)(H2,35,36,41)/t29-/m1/s1. The first-order valence-electron chi connectivity index (χ1n) is 14.1. The first-order chi connectivity index (χ1) is 19.9. The van der Waals surface area contributed by atoms with Crippen LogP contribution in [0.1, 0.15) is 66.1 Å². The van der Waals surface area contributed by atoms with Gasteiger partial charge in [-0.05, 0) is 85.5 Å². The van der Waals surface area contributed by atoms with Crippen molar-refractivity contribution in [3.05, 3.63) is 76.6 Å². The second kappa shape index (κ2) is 12.6. The average Bonchev–Trinajstić information content (AvgIpc) is 2.93. The molecule has 4 N–H and O–H groups in total. The number of nitrogens with one attached hydrogen (secondary N) is 3. The fraction of sp³-hybridized carbons (Fsp3) is 0.364. The molecule has 1 aliphatic rings. The van der Waals surface area contributed by atoms with Crippen LogP contribution in [0.2, 0.25) is 0 Å². The van der Waals surface area contributed by atoms with E-state index in [1.54, 1.807) is 18.2 Å². The van der Waals surface area contributed by atoms with E-state index < -0.39 is 35.2 Å². The summed E-state index contributed by atoms with van der Waals surface area (Å²) in [6.07, 6.45) is 4.21. The average molecular weight is 576 g/mol. The fourth-order valence-corrected chi connectivity index (χ4v) is 5.91. The van der Waals surface area contributed by atoms with Crippen LogP contribution >= 0.6 is 0 Å². The number of carboxylic acids is 1. The Morgan fingerprint density at radius 2 is 1.52 bits per heavy atom. The number of carbonyl (C=O) groups excluding carboxylic acids is 2. The molecular weight excluding hydrogens is 537 g/mol. The highest BCUT2D eigenvalue weighted by atomic mass is 19.1. The van der Waals surface area contributed by atoms with E-state index in [1.165, 1.54) is 25.3 Å². The van der Waals surface area contributed by atoms with E-state index >= 15 is 0 Å². The molecule has 8 nitrogen and oxygen atoms in total. The van der Waals surface area contributed by atoms with Crippen molar-refractivity contribution in [2.45, 2.75) is 65.8 Å². The molecule has 222 valence electrons. The monoisotopic (exact) mass is 575 g/mol. The van der Waals surface area contributed by atoms with E-state index in [4.69, 9.17) is 4.74 Å². The van der Waals surface area contributed by atoms with Gasteiger partial charge in [-0.15, -0.1) is 0 Å². The Morgan fingerprint density at radius 1 is 0.905 bits per heavy atom. The predicted molar refractivity (Wildman–Crippen MR) is 162 cm³/mol. The minimum atomic E-state index is -1.10. The molecule has 0 aliphatic heterocycles. The molecule has 0 heterocycles. The molecule has 9 heteroatoms. The zero-order valence-corrected chi connectivity index (χ0v) is 24.7. The Bertz CT molecular complexity index is 1490. The van der Waals surface area contributed by atoms with Crippen LogP contribution in [-0.4, -0.2) is 36.2 Å². The predicted octanol–water partition coefficient (Wildman–Crippen LogP) is 7.22. The summed E-state index contributed by atoms with van der Waals surface area (Å²) in [5, 5.41) is 18.4. The molecule has 0 unspecified atom stereocenters. The fourth-order valence-electron chi connectivity index (χ4n) is 5.91. The van der Waals surface area contributed by atoms with E-state index in [0.29, 0.717) is 29.7 Å². The molecule has 1 atom stereocenters. The van der Waals surface area contributed by atoms with E-state index in [9.17, 15) is 23.9 Å². The summed E-state index contributed by atoms with van der Waals surface area (Å²) in [6.45, 7) is 7.65. The molecule has 0 aromatic heterocycles. The lowest BCUT2D eigenvalue weighted by Crippen LogP contribution is -2.52. The minimum absolute atomic E-state index is 0.0888. The van der Waals surface area contributed by atoms with Crippen LogP contribution < -0.4 is 20.7 Å². The summed E-state index contributed by atoms with van der Waals surface area (Å²) in [6, 6.07) is 11.4. The quantitative estimate of drug-likeness (QED) is 0.226. The molecule has 3 aromatic rings. The van der Waals surface area contributed by atoms with Gasteiger partial charge in [0.2, 0.25) is 0 Å². The first-order valence-corrected chi connectivity index (χ1v) is 14.1. The Balaban J connectivity index is 1.69. The van der Waals surface area contributed by atoms with Gasteiger partial charge in [-0.2, -0.15) is 0 Å². The van der Waals surface area contributed by atoms with Crippen LogP contribution in [0.4, 0.5) is 20.6 Å². The number of halogens is 1. The zero-order valence-electron chi connectivity index (χ0n) is 24.7. The maximum Gasteiger partial charge on any atom is 0.326 e.